The molecule has 3 rings (SSSR count). The predicted molar refractivity (Wildman–Crippen MR) is 121 cm³/mol. The van der Waals surface area contributed by atoms with Crippen LogP contribution in [-0.2, 0) is 17.6 Å². The van der Waals surface area contributed by atoms with Gasteiger partial charge < -0.3 is 15.2 Å². The monoisotopic (exact) mass is 450 g/mol. The molecule has 0 spiro atoms. The Balaban J connectivity index is 1.90. The van der Waals surface area contributed by atoms with Crippen molar-refractivity contribution < 1.29 is 14.3 Å². The molecule has 2 atom stereocenters. The predicted octanol–water partition coefficient (Wildman–Crippen LogP) is 4.81. The number of hydrogen-bond donors (Lipinski definition) is 1. The molecule has 0 aromatic heterocycles. The van der Waals surface area contributed by atoms with Gasteiger partial charge in [0, 0.05) is 22.6 Å². The van der Waals surface area contributed by atoms with Crippen molar-refractivity contribution in [3.8, 4) is 11.5 Å². The molecule has 2 N–H and O–H groups in total. The molecule has 2 aromatic carbocycles. The zero-order valence-corrected chi connectivity index (χ0v) is 19.1. The average Bonchev–Trinajstić information content (AvgIpc) is 2.74. The molecule has 0 saturated carbocycles. The largest absolute Gasteiger partial charge is 0.493 e. The van der Waals surface area contributed by atoms with Crippen molar-refractivity contribution in [2.45, 2.75) is 44.7 Å². The van der Waals surface area contributed by atoms with Crippen LogP contribution in [0.3, 0.4) is 0 Å². The van der Waals surface area contributed by atoms with Gasteiger partial charge in [-0.05, 0) is 73.6 Å². The highest BCUT2D eigenvalue weighted by molar-refractivity contribution is 6.35. The molecule has 1 aliphatic heterocycles. The van der Waals surface area contributed by atoms with Gasteiger partial charge >= 0.3 is 0 Å². The van der Waals surface area contributed by atoms with Gasteiger partial charge in [0.2, 0.25) is 5.91 Å². The molecule has 0 fully saturated rings. The normalized spacial score (nSPS) is 17.3. The lowest BCUT2D eigenvalue weighted by Crippen LogP contribution is -2.47. The van der Waals surface area contributed by atoms with Crippen molar-refractivity contribution in [2.75, 3.05) is 20.8 Å². The third-order valence-electron chi connectivity index (χ3n) is 5.92. The second-order valence-corrected chi connectivity index (χ2v) is 8.39. The molecule has 162 valence electrons. The fraction of sp³-hybridized carbons (Fsp3) is 0.435. The number of benzene rings is 2. The molecular formula is C23H28Cl2N2O3. The summed E-state index contributed by atoms with van der Waals surface area (Å²) in [7, 11) is 3.27. The molecule has 30 heavy (non-hydrogen) atoms. The summed E-state index contributed by atoms with van der Waals surface area (Å²) in [6.07, 6.45) is 3.28. The Bertz CT molecular complexity index is 899. The highest BCUT2D eigenvalue weighted by atomic mass is 35.5. The Hall–Kier alpha value is -1.95. The van der Waals surface area contributed by atoms with E-state index in [1.54, 1.807) is 14.2 Å². The Morgan fingerprint density at radius 1 is 1.20 bits per heavy atom. The van der Waals surface area contributed by atoms with Gasteiger partial charge in [-0.2, -0.15) is 0 Å². The first-order valence-corrected chi connectivity index (χ1v) is 10.9. The first-order chi connectivity index (χ1) is 14.4. The van der Waals surface area contributed by atoms with Crippen molar-refractivity contribution in [1.82, 2.24) is 4.90 Å². The Labute approximate surface area is 188 Å². The summed E-state index contributed by atoms with van der Waals surface area (Å²) in [6.45, 7) is 2.62. The van der Waals surface area contributed by atoms with E-state index in [4.69, 9.17) is 38.4 Å². The summed E-state index contributed by atoms with van der Waals surface area (Å²) in [5.74, 6) is 1.08. The van der Waals surface area contributed by atoms with Crippen molar-refractivity contribution >= 4 is 29.1 Å². The van der Waals surface area contributed by atoms with Crippen LogP contribution in [0.15, 0.2) is 30.3 Å². The summed E-state index contributed by atoms with van der Waals surface area (Å²) in [5.41, 5.74) is 8.97. The van der Waals surface area contributed by atoms with E-state index in [1.807, 2.05) is 37.3 Å². The second kappa shape index (κ2) is 9.90. The number of fused-ring (bicyclic) bond motifs is 1. The molecule has 0 aliphatic carbocycles. The van der Waals surface area contributed by atoms with E-state index in [1.165, 1.54) is 5.56 Å². The highest BCUT2D eigenvalue weighted by Gasteiger charge is 2.33. The number of halogens is 2. The number of amides is 1. The van der Waals surface area contributed by atoms with E-state index in [9.17, 15) is 4.79 Å². The number of carbonyl (C=O) groups excluding carboxylic acids is 1. The second-order valence-electron chi connectivity index (χ2n) is 7.58. The van der Waals surface area contributed by atoms with Crippen LogP contribution >= 0.6 is 23.2 Å². The van der Waals surface area contributed by atoms with Crippen LogP contribution in [-0.4, -0.2) is 37.6 Å². The maximum absolute atomic E-state index is 12.0. The zero-order valence-electron chi connectivity index (χ0n) is 17.6. The van der Waals surface area contributed by atoms with Gasteiger partial charge in [0.05, 0.1) is 20.3 Å². The maximum Gasteiger partial charge on any atom is 0.234 e. The fourth-order valence-electron chi connectivity index (χ4n) is 4.24. The van der Waals surface area contributed by atoms with Crippen LogP contribution in [0, 0.1) is 0 Å². The zero-order chi connectivity index (χ0) is 21.8. The van der Waals surface area contributed by atoms with E-state index in [0.29, 0.717) is 21.5 Å². The topological polar surface area (TPSA) is 64.8 Å². The molecule has 0 bridgehead atoms. The van der Waals surface area contributed by atoms with Gasteiger partial charge in [-0.15, -0.1) is 0 Å². The van der Waals surface area contributed by atoms with E-state index >= 15 is 0 Å². The van der Waals surface area contributed by atoms with Crippen LogP contribution < -0.4 is 15.2 Å². The van der Waals surface area contributed by atoms with Crippen LogP contribution in [0.5, 0.6) is 11.5 Å². The third-order valence-corrected chi connectivity index (χ3v) is 6.63. The van der Waals surface area contributed by atoms with Crippen molar-refractivity contribution in [3.63, 3.8) is 0 Å². The lowest BCUT2D eigenvalue weighted by molar-refractivity contribution is -0.123. The molecule has 2 aromatic rings. The van der Waals surface area contributed by atoms with Gasteiger partial charge in [-0.3, -0.25) is 9.69 Å². The molecule has 7 heteroatoms. The molecule has 1 aliphatic rings. The van der Waals surface area contributed by atoms with Crippen LogP contribution in [0.4, 0.5) is 0 Å². The summed E-state index contributed by atoms with van der Waals surface area (Å²) < 4.78 is 11.0. The molecule has 1 amide bonds. The molecule has 0 radical (unpaired) electrons. The number of nitrogens with zero attached hydrogens (tertiary/aromatic N) is 1. The number of ether oxygens (including phenoxy) is 2. The van der Waals surface area contributed by atoms with E-state index in [0.717, 1.165) is 43.4 Å². The lowest BCUT2D eigenvalue weighted by atomic mass is 9.87. The number of primary amides is 1. The SMILES string of the molecule is COc1cc2c(cc1OC)[C@H](CCCc1c(Cl)cccc1Cl)N([C@H](C)C(N)=O)CC2. The number of carbonyl (C=O) groups is 1. The summed E-state index contributed by atoms with van der Waals surface area (Å²) in [4.78, 5) is 14.2. The minimum absolute atomic E-state index is 0.0392. The van der Waals surface area contributed by atoms with E-state index in [-0.39, 0.29) is 18.0 Å². The average molecular weight is 451 g/mol. The fourth-order valence-corrected chi connectivity index (χ4v) is 4.83. The minimum atomic E-state index is -0.361. The van der Waals surface area contributed by atoms with E-state index < -0.39 is 0 Å². The number of methoxy groups -OCH3 is 2. The molecule has 1 heterocycles. The number of nitrogens with two attached hydrogens (primary N) is 1. The highest BCUT2D eigenvalue weighted by Crippen LogP contribution is 2.41. The van der Waals surface area contributed by atoms with Gasteiger partial charge in [0.25, 0.3) is 0 Å². The maximum atomic E-state index is 12.0. The standard InChI is InChI=1S/C23H28Cl2N2O3/c1-14(23(26)28)27-11-10-15-12-21(29-2)22(30-3)13-17(15)20(27)9-4-6-16-18(24)7-5-8-19(16)25/h5,7-8,12-14,20H,4,6,9-11H2,1-3H3,(H2,26,28)/t14-,20+/m1/s1. The lowest BCUT2D eigenvalue weighted by Gasteiger charge is -2.40. The first-order valence-electron chi connectivity index (χ1n) is 10.1. The van der Waals surface area contributed by atoms with Crippen LogP contribution in [0.1, 0.15) is 42.5 Å². The van der Waals surface area contributed by atoms with Gasteiger partial charge in [-0.1, -0.05) is 29.3 Å². The molecule has 0 saturated heterocycles. The smallest absolute Gasteiger partial charge is 0.234 e. The Morgan fingerprint density at radius 3 is 2.43 bits per heavy atom. The molecule has 0 unspecified atom stereocenters. The van der Waals surface area contributed by atoms with Gasteiger partial charge in [-0.25, -0.2) is 0 Å². The van der Waals surface area contributed by atoms with Crippen LogP contribution in [0.2, 0.25) is 10.0 Å². The Kier molecular flexibility index (Phi) is 7.50. The number of hydrogen-bond acceptors (Lipinski definition) is 4. The number of rotatable bonds is 8. The van der Waals surface area contributed by atoms with Gasteiger partial charge in [0.1, 0.15) is 0 Å². The molecular weight excluding hydrogens is 423 g/mol. The molecule has 5 nitrogen and oxygen atoms in total. The Morgan fingerprint density at radius 2 is 1.83 bits per heavy atom. The van der Waals surface area contributed by atoms with Crippen molar-refractivity contribution in [2.24, 2.45) is 5.73 Å². The minimum Gasteiger partial charge on any atom is -0.493 e. The van der Waals surface area contributed by atoms with Gasteiger partial charge in [0.15, 0.2) is 11.5 Å². The third kappa shape index (κ3) is 4.69. The summed E-state index contributed by atoms with van der Waals surface area (Å²) in [5, 5.41) is 1.36. The summed E-state index contributed by atoms with van der Waals surface area (Å²) in [6, 6.07) is 9.31. The van der Waals surface area contributed by atoms with Crippen LogP contribution in [0.25, 0.3) is 0 Å². The first kappa shape index (κ1) is 22.7. The van der Waals surface area contributed by atoms with Crippen molar-refractivity contribution in [1.29, 1.82) is 0 Å². The summed E-state index contributed by atoms with van der Waals surface area (Å²) >= 11 is 12.7. The van der Waals surface area contributed by atoms with E-state index in [2.05, 4.69) is 4.90 Å². The quantitative estimate of drug-likeness (QED) is 0.626. The van der Waals surface area contributed by atoms with Crippen molar-refractivity contribution in [3.05, 3.63) is 57.1 Å².